The van der Waals surface area contributed by atoms with Crippen LogP contribution in [0.1, 0.15) is 55.1 Å². The quantitative estimate of drug-likeness (QED) is 0.897. The average molecular weight is 310 g/mol. The van der Waals surface area contributed by atoms with Gasteiger partial charge in [0.2, 0.25) is 0 Å². The fraction of sp³-hybridized carbons (Fsp3) is 0.526. The highest BCUT2D eigenvalue weighted by atomic mass is 15.2. The van der Waals surface area contributed by atoms with Crippen LogP contribution in [-0.2, 0) is 13.1 Å². The zero-order chi connectivity index (χ0) is 15.6. The maximum absolute atomic E-state index is 5.03. The molecule has 1 aromatic heterocycles. The van der Waals surface area contributed by atoms with Crippen LogP contribution < -0.4 is 10.6 Å². The van der Waals surface area contributed by atoms with Crippen LogP contribution >= 0.6 is 0 Å². The maximum atomic E-state index is 5.03. The molecule has 1 aliphatic heterocycles. The number of benzene rings is 1. The number of aromatic nitrogens is 2. The van der Waals surface area contributed by atoms with Gasteiger partial charge in [0.15, 0.2) is 0 Å². The highest BCUT2D eigenvalue weighted by molar-refractivity contribution is 5.60. The van der Waals surface area contributed by atoms with Crippen molar-refractivity contribution in [1.29, 1.82) is 0 Å². The minimum atomic E-state index is 0.620. The van der Waals surface area contributed by atoms with Gasteiger partial charge in [0.1, 0.15) is 11.6 Å². The van der Waals surface area contributed by atoms with Crippen molar-refractivity contribution in [3.05, 3.63) is 41.3 Å². The number of nitrogens with zero attached hydrogens (tertiary/aromatic N) is 2. The van der Waals surface area contributed by atoms with E-state index < -0.39 is 0 Å². The first-order chi connectivity index (χ1) is 11.3. The number of nitrogens with one attached hydrogen (secondary N) is 2. The Morgan fingerprint density at radius 2 is 1.91 bits per heavy atom. The standard InChI is InChI=1S/C19H26N4/c1-14-7-9-16(10-8-14)21-19-18(15-5-3-2-4-6-15)22-17-13-20-11-12-23(17)19/h7-10,15,20-21H,2-6,11-13H2,1H3. The Balaban J connectivity index is 1.70. The summed E-state index contributed by atoms with van der Waals surface area (Å²) in [5, 5.41) is 7.12. The molecule has 0 atom stereocenters. The third kappa shape index (κ3) is 3.00. The second kappa shape index (κ2) is 6.36. The summed E-state index contributed by atoms with van der Waals surface area (Å²) >= 11 is 0. The minimum Gasteiger partial charge on any atom is -0.340 e. The molecule has 0 spiro atoms. The Kier molecular flexibility index (Phi) is 4.08. The third-order valence-corrected chi connectivity index (χ3v) is 5.18. The molecule has 122 valence electrons. The summed E-state index contributed by atoms with van der Waals surface area (Å²) < 4.78 is 2.39. The summed E-state index contributed by atoms with van der Waals surface area (Å²) in [6.07, 6.45) is 6.63. The maximum Gasteiger partial charge on any atom is 0.134 e. The van der Waals surface area contributed by atoms with Gasteiger partial charge in [-0.25, -0.2) is 4.98 Å². The minimum absolute atomic E-state index is 0.620. The van der Waals surface area contributed by atoms with Crippen molar-refractivity contribution in [2.75, 3.05) is 11.9 Å². The average Bonchev–Trinajstić information content (AvgIpc) is 2.96. The summed E-state index contributed by atoms with van der Waals surface area (Å²) in [5.41, 5.74) is 3.75. The van der Waals surface area contributed by atoms with Crippen LogP contribution in [-0.4, -0.2) is 16.1 Å². The van der Waals surface area contributed by atoms with Crippen LogP contribution in [0.4, 0.5) is 11.5 Å². The summed E-state index contributed by atoms with van der Waals surface area (Å²) in [6, 6.07) is 8.66. The normalized spacial score (nSPS) is 18.7. The van der Waals surface area contributed by atoms with Crippen molar-refractivity contribution in [1.82, 2.24) is 14.9 Å². The number of rotatable bonds is 3. The van der Waals surface area contributed by atoms with E-state index in [4.69, 9.17) is 4.98 Å². The first-order valence-corrected chi connectivity index (χ1v) is 8.95. The Hall–Kier alpha value is -1.81. The summed E-state index contributed by atoms with van der Waals surface area (Å²) in [5.74, 6) is 3.04. The van der Waals surface area contributed by atoms with Crippen LogP contribution in [0.15, 0.2) is 24.3 Å². The molecular formula is C19H26N4. The molecule has 0 radical (unpaired) electrons. The molecular weight excluding hydrogens is 284 g/mol. The molecule has 0 bridgehead atoms. The summed E-state index contributed by atoms with van der Waals surface area (Å²) in [4.78, 5) is 5.03. The van der Waals surface area contributed by atoms with Gasteiger partial charge in [-0.15, -0.1) is 0 Å². The van der Waals surface area contributed by atoms with Gasteiger partial charge in [-0.3, -0.25) is 0 Å². The molecule has 4 rings (SSSR count). The zero-order valence-corrected chi connectivity index (χ0v) is 13.9. The number of fused-ring (bicyclic) bond motifs is 1. The summed E-state index contributed by atoms with van der Waals surface area (Å²) in [7, 11) is 0. The molecule has 0 amide bonds. The molecule has 1 fully saturated rings. The molecule has 1 aliphatic carbocycles. The molecule has 0 unspecified atom stereocenters. The topological polar surface area (TPSA) is 41.9 Å². The van der Waals surface area contributed by atoms with Gasteiger partial charge in [-0.2, -0.15) is 0 Å². The number of imidazole rings is 1. The van der Waals surface area contributed by atoms with E-state index in [1.807, 2.05) is 0 Å². The van der Waals surface area contributed by atoms with Crippen LogP contribution in [0, 0.1) is 6.92 Å². The van der Waals surface area contributed by atoms with E-state index >= 15 is 0 Å². The highest BCUT2D eigenvalue weighted by Gasteiger charge is 2.26. The van der Waals surface area contributed by atoms with Crippen molar-refractivity contribution in [3.63, 3.8) is 0 Å². The number of aryl methyl sites for hydroxylation is 1. The molecule has 0 saturated heterocycles. The fourth-order valence-electron chi connectivity index (χ4n) is 3.85. The number of anilines is 2. The monoisotopic (exact) mass is 310 g/mol. The molecule has 4 heteroatoms. The Bertz CT molecular complexity index is 665. The zero-order valence-electron chi connectivity index (χ0n) is 13.9. The lowest BCUT2D eigenvalue weighted by molar-refractivity contribution is 0.438. The predicted octanol–water partition coefficient (Wildman–Crippen LogP) is 4.09. The van der Waals surface area contributed by atoms with Gasteiger partial charge in [0.05, 0.1) is 12.2 Å². The van der Waals surface area contributed by atoms with E-state index in [2.05, 4.69) is 46.4 Å². The molecule has 1 aromatic carbocycles. The Morgan fingerprint density at radius 3 is 2.70 bits per heavy atom. The molecule has 23 heavy (non-hydrogen) atoms. The fourth-order valence-corrected chi connectivity index (χ4v) is 3.85. The Morgan fingerprint density at radius 1 is 1.13 bits per heavy atom. The number of hydrogen-bond donors (Lipinski definition) is 2. The van der Waals surface area contributed by atoms with Crippen molar-refractivity contribution in [3.8, 4) is 0 Å². The summed E-state index contributed by atoms with van der Waals surface area (Å²) in [6.45, 7) is 5.04. The van der Waals surface area contributed by atoms with Crippen LogP contribution in [0.25, 0.3) is 0 Å². The molecule has 2 aliphatic rings. The second-order valence-electron chi connectivity index (χ2n) is 6.92. The molecule has 2 aromatic rings. The van der Waals surface area contributed by atoms with Crippen molar-refractivity contribution in [2.45, 2.75) is 58.0 Å². The van der Waals surface area contributed by atoms with Gasteiger partial charge < -0.3 is 15.2 Å². The van der Waals surface area contributed by atoms with Gasteiger partial charge >= 0.3 is 0 Å². The van der Waals surface area contributed by atoms with E-state index in [1.165, 1.54) is 55.0 Å². The number of hydrogen-bond acceptors (Lipinski definition) is 3. The van der Waals surface area contributed by atoms with Gasteiger partial charge in [0, 0.05) is 24.7 Å². The lowest BCUT2D eigenvalue weighted by atomic mass is 9.87. The van der Waals surface area contributed by atoms with Crippen LogP contribution in [0.3, 0.4) is 0 Å². The van der Waals surface area contributed by atoms with Crippen molar-refractivity contribution < 1.29 is 0 Å². The van der Waals surface area contributed by atoms with E-state index in [-0.39, 0.29) is 0 Å². The highest BCUT2D eigenvalue weighted by Crippen LogP contribution is 2.37. The first-order valence-electron chi connectivity index (χ1n) is 8.95. The van der Waals surface area contributed by atoms with E-state index in [0.717, 1.165) is 25.3 Å². The lowest BCUT2D eigenvalue weighted by Gasteiger charge is -2.22. The second-order valence-corrected chi connectivity index (χ2v) is 6.92. The molecule has 4 nitrogen and oxygen atoms in total. The first kappa shape index (κ1) is 14.8. The largest absolute Gasteiger partial charge is 0.340 e. The molecule has 2 heterocycles. The van der Waals surface area contributed by atoms with Gasteiger partial charge in [-0.1, -0.05) is 37.0 Å². The molecule has 1 saturated carbocycles. The van der Waals surface area contributed by atoms with E-state index in [0.29, 0.717) is 5.92 Å². The lowest BCUT2D eigenvalue weighted by Crippen LogP contribution is -2.28. The van der Waals surface area contributed by atoms with E-state index in [9.17, 15) is 0 Å². The predicted molar refractivity (Wildman–Crippen MR) is 94.2 cm³/mol. The van der Waals surface area contributed by atoms with Crippen LogP contribution in [0.5, 0.6) is 0 Å². The third-order valence-electron chi connectivity index (χ3n) is 5.18. The van der Waals surface area contributed by atoms with Crippen molar-refractivity contribution in [2.24, 2.45) is 0 Å². The van der Waals surface area contributed by atoms with E-state index in [1.54, 1.807) is 0 Å². The smallest absolute Gasteiger partial charge is 0.134 e. The Labute approximate surface area is 138 Å². The van der Waals surface area contributed by atoms with Crippen molar-refractivity contribution >= 4 is 11.5 Å². The van der Waals surface area contributed by atoms with Gasteiger partial charge in [-0.05, 0) is 31.9 Å². The molecule has 2 N–H and O–H groups in total. The van der Waals surface area contributed by atoms with Gasteiger partial charge in [0.25, 0.3) is 0 Å². The van der Waals surface area contributed by atoms with Crippen LogP contribution in [0.2, 0.25) is 0 Å². The SMILES string of the molecule is Cc1ccc(Nc2c(C3CCCCC3)nc3n2CCNC3)cc1.